The van der Waals surface area contributed by atoms with Crippen LogP contribution in [0.1, 0.15) is 16.8 Å². The fourth-order valence-electron chi connectivity index (χ4n) is 1.53. The van der Waals surface area contributed by atoms with Crippen LogP contribution in [0.15, 0.2) is 12.1 Å². The van der Waals surface area contributed by atoms with Gasteiger partial charge in [-0.2, -0.15) is 0 Å². The van der Waals surface area contributed by atoms with Crippen molar-refractivity contribution in [3.8, 4) is 5.75 Å². The summed E-state index contributed by atoms with van der Waals surface area (Å²) >= 11 is 0. The van der Waals surface area contributed by atoms with E-state index in [0.717, 1.165) is 12.1 Å². The topological polar surface area (TPSA) is 35.5 Å². The lowest BCUT2D eigenvalue weighted by molar-refractivity contribution is 0.112. The fourth-order valence-corrected chi connectivity index (χ4v) is 1.53. The molecule has 0 spiro atoms. The van der Waals surface area contributed by atoms with Crippen molar-refractivity contribution < 1.29 is 23.0 Å². The molecule has 1 atom stereocenters. The first-order valence-electron chi connectivity index (χ1n) is 4.89. The van der Waals surface area contributed by atoms with E-state index in [2.05, 4.69) is 0 Å². The molecule has 1 aromatic carbocycles. The third-order valence-electron chi connectivity index (χ3n) is 2.33. The second-order valence-corrected chi connectivity index (χ2v) is 3.53. The van der Waals surface area contributed by atoms with E-state index in [-0.39, 0.29) is 11.7 Å². The predicted molar refractivity (Wildman–Crippen MR) is 51.6 cm³/mol. The molecule has 1 aliphatic heterocycles. The van der Waals surface area contributed by atoms with Crippen LogP contribution in [0.5, 0.6) is 5.75 Å². The highest BCUT2D eigenvalue weighted by Gasteiger charge is 2.21. The zero-order chi connectivity index (χ0) is 11.5. The summed E-state index contributed by atoms with van der Waals surface area (Å²) in [5, 5.41) is 0. The summed E-state index contributed by atoms with van der Waals surface area (Å²) in [5.41, 5.74) is -0.0509. The molecule has 0 aromatic heterocycles. The molecule has 0 radical (unpaired) electrons. The monoisotopic (exact) mass is 228 g/mol. The molecule has 1 aliphatic rings. The Morgan fingerprint density at radius 3 is 2.56 bits per heavy atom. The van der Waals surface area contributed by atoms with Crippen molar-refractivity contribution in [2.75, 3.05) is 13.2 Å². The Balaban J connectivity index is 2.22. The summed E-state index contributed by atoms with van der Waals surface area (Å²) in [6.45, 7) is 0.856. The molecule has 0 saturated carbocycles. The molecule has 1 fully saturated rings. The second-order valence-electron chi connectivity index (χ2n) is 3.53. The minimum Gasteiger partial charge on any atom is -0.482 e. The maximum atomic E-state index is 13.4. The number of hydrogen-bond acceptors (Lipinski definition) is 3. The molecule has 1 heterocycles. The highest BCUT2D eigenvalue weighted by atomic mass is 19.1. The van der Waals surface area contributed by atoms with Gasteiger partial charge in [-0.25, -0.2) is 8.78 Å². The van der Waals surface area contributed by atoms with Crippen LogP contribution in [0, 0.1) is 11.6 Å². The van der Waals surface area contributed by atoms with Crippen molar-refractivity contribution in [2.24, 2.45) is 0 Å². The van der Waals surface area contributed by atoms with E-state index in [1.165, 1.54) is 0 Å². The van der Waals surface area contributed by atoms with Gasteiger partial charge in [0.15, 0.2) is 17.4 Å². The maximum Gasteiger partial charge on any atom is 0.191 e. The molecule has 0 amide bonds. The normalized spacial score (nSPS) is 19.8. The zero-order valence-electron chi connectivity index (χ0n) is 8.41. The number of rotatable bonds is 3. The van der Waals surface area contributed by atoms with E-state index in [0.29, 0.717) is 25.9 Å². The number of hydrogen-bond donors (Lipinski definition) is 0. The van der Waals surface area contributed by atoms with Gasteiger partial charge < -0.3 is 9.47 Å². The molecular formula is C11H10F2O3. The summed E-state index contributed by atoms with van der Waals surface area (Å²) in [7, 11) is 0. The first kappa shape index (κ1) is 11.0. The van der Waals surface area contributed by atoms with Crippen LogP contribution in [0.3, 0.4) is 0 Å². The van der Waals surface area contributed by atoms with Crippen LogP contribution >= 0.6 is 0 Å². The molecule has 2 rings (SSSR count). The molecule has 1 saturated heterocycles. The van der Waals surface area contributed by atoms with Crippen LogP contribution in [0.4, 0.5) is 8.78 Å². The van der Waals surface area contributed by atoms with E-state index in [1.807, 2.05) is 0 Å². The van der Waals surface area contributed by atoms with Crippen molar-refractivity contribution in [3.63, 3.8) is 0 Å². The van der Waals surface area contributed by atoms with Crippen LogP contribution in [-0.4, -0.2) is 25.6 Å². The summed E-state index contributed by atoms with van der Waals surface area (Å²) in [4.78, 5) is 10.4. The van der Waals surface area contributed by atoms with Crippen LogP contribution < -0.4 is 4.74 Å². The SMILES string of the molecule is O=Cc1cc(F)c(OC2CCOC2)c(F)c1. The predicted octanol–water partition coefficient (Wildman–Crippen LogP) is 1.95. The molecule has 3 nitrogen and oxygen atoms in total. The van der Waals surface area contributed by atoms with Gasteiger partial charge >= 0.3 is 0 Å². The Morgan fingerprint density at radius 2 is 2.06 bits per heavy atom. The number of carbonyl (C=O) groups excluding carboxylic acids is 1. The van der Waals surface area contributed by atoms with Crippen molar-refractivity contribution >= 4 is 6.29 Å². The number of carbonyl (C=O) groups is 1. The molecule has 0 bridgehead atoms. The molecule has 0 aliphatic carbocycles. The van der Waals surface area contributed by atoms with Crippen molar-refractivity contribution in [1.82, 2.24) is 0 Å². The van der Waals surface area contributed by atoms with E-state index in [1.54, 1.807) is 0 Å². The smallest absolute Gasteiger partial charge is 0.191 e. The molecule has 16 heavy (non-hydrogen) atoms. The third-order valence-corrected chi connectivity index (χ3v) is 2.33. The molecule has 1 unspecified atom stereocenters. The van der Waals surface area contributed by atoms with Gasteiger partial charge in [-0.3, -0.25) is 4.79 Å². The van der Waals surface area contributed by atoms with Gasteiger partial charge in [0, 0.05) is 12.0 Å². The fraction of sp³-hybridized carbons (Fsp3) is 0.364. The Kier molecular flexibility index (Phi) is 3.14. The Morgan fingerprint density at radius 1 is 1.38 bits per heavy atom. The summed E-state index contributed by atoms with van der Waals surface area (Å²) in [6, 6.07) is 1.89. The largest absolute Gasteiger partial charge is 0.482 e. The average Bonchev–Trinajstić information content (AvgIpc) is 2.75. The third kappa shape index (κ3) is 2.19. The Bertz CT molecular complexity index is 377. The summed E-state index contributed by atoms with van der Waals surface area (Å²) in [5.74, 6) is -2.18. The number of halogens is 2. The van der Waals surface area contributed by atoms with Gasteiger partial charge in [0.2, 0.25) is 0 Å². The molecule has 0 N–H and O–H groups in total. The van der Waals surface area contributed by atoms with Gasteiger partial charge in [-0.15, -0.1) is 0 Å². The maximum absolute atomic E-state index is 13.4. The van der Waals surface area contributed by atoms with E-state index in [9.17, 15) is 13.6 Å². The van der Waals surface area contributed by atoms with Gasteiger partial charge in [-0.05, 0) is 12.1 Å². The second kappa shape index (κ2) is 4.57. The molecule has 86 valence electrons. The van der Waals surface area contributed by atoms with E-state index in [4.69, 9.17) is 9.47 Å². The number of ether oxygens (including phenoxy) is 2. The van der Waals surface area contributed by atoms with Gasteiger partial charge in [0.05, 0.1) is 13.2 Å². The van der Waals surface area contributed by atoms with Crippen LogP contribution in [0.25, 0.3) is 0 Å². The highest BCUT2D eigenvalue weighted by molar-refractivity contribution is 5.75. The highest BCUT2D eigenvalue weighted by Crippen LogP contribution is 2.25. The lowest BCUT2D eigenvalue weighted by Crippen LogP contribution is -2.17. The van der Waals surface area contributed by atoms with Crippen molar-refractivity contribution in [1.29, 1.82) is 0 Å². The average molecular weight is 228 g/mol. The summed E-state index contributed by atoms with van der Waals surface area (Å²) in [6.07, 6.45) is 0.661. The molecule has 5 heteroatoms. The minimum atomic E-state index is -0.867. The quantitative estimate of drug-likeness (QED) is 0.742. The lowest BCUT2D eigenvalue weighted by atomic mass is 10.2. The standard InChI is InChI=1S/C11H10F2O3/c12-9-3-7(5-14)4-10(13)11(9)16-8-1-2-15-6-8/h3-5,8H,1-2,6H2. The van der Waals surface area contributed by atoms with Crippen LogP contribution in [0.2, 0.25) is 0 Å². The summed E-state index contributed by atoms with van der Waals surface area (Å²) < 4.78 is 36.9. The Labute approximate surface area is 91.0 Å². The van der Waals surface area contributed by atoms with E-state index < -0.39 is 17.4 Å². The number of aldehydes is 1. The molecular weight excluding hydrogens is 218 g/mol. The first-order chi connectivity index (χ1) is 7.70. The minimum absolute atomic E-state index is 0.0509. The van der Waals surface area contributed by atoms with Gasteiger partial charge in [0.1, 0.15) is 12.4 Å². The van der Waals surface area contributed by atoms with Crippen LogP contribution in [-0.2, 0) is 4.74 Å². The number of benzene rings is 1. The van der Waals surface area contributed by atoms with Crippen molar-refractivity contribution in [3.05, 3.63) is 29.3 Å². The lowest BCUT2D eigenvalue weighted by Gasteiger charge is -2.13. The first-order valence-corrected chi connectivity index (χ1v) is 4.89. The van der Waals surface area contributed by atoms with E-state index >= 15 is 0 Å². The van der Waals surface area contributed by atoms with Crippen molar-refractivity contribution in [2.45, 2.75) is 12.5 Å². The van der Waals surface area contributed by atoms with Gasteiger partial charge in [0.25, 0.3) is 0 Å². The molecule has 1 aromatic rings. The van der Waals surface area contributed by atoms with Gasteiger partial charge in [-0.1, -0.05) is 0 Å². The Hall–Kier alpha value is -1.49. The zero-order valence-corrected chi connectivity index (χ0v) is 8.41.